The summed E-state index contributed by atoms with van der Waals surface area (Å²) in [6.45, 7) is 9.24. The van der Waals surface area contributed by atoms with E-state index >= 15 is 0 Å². The Labute approximate surface area is 179 Å². The lowest BCUT2D eigenvalue weighted by atomic mass is 10.2. The molecule has 7 nitrogen and oxygen atoms in total. The van der Waals surface area contributed by atoms with E-state index in [1.807, 2.05) is 61.4 Å². The van der Waals surface area contributed by atoms with E-state index < -0.39 is 0 Å². The Balaban J connectivity index is 0.000000299. The Morgan fingerprint density at radius 1 is 1.10 bits per heavy atom. The average molecular weight is 408 g/mol. The van der Waals surface area contributed by atoms with Crippen LogP contribution in [0.4, 0.5) is 17.2 Å². The lowest BCUT2D eigenvalue weighted by molar-refractivity contribution is 0.852. The molecule has 3 heterocycles. The summed E-state index contributed by atoms with van der Waals surface area (Å²) in [5.41, 5.74) is 4.22. The molecule has 3 aromatic heterocycles. The fourth-order valence-electron chi connectivity index (χ4n) is 2.79. The van der Waals surface area contributed by atoms with E-state index in [2.05, 4.69) is 57.3 Å². The Kier molecular flexibility index (Phi) is 8.87. The normalized spacial score (nSPS) is 9.93. The molecule has 4 rings (SSSR count). The molecule has 160 valence electrons. The average Bonchev–Trinajstić information content (AvgIpc) is 3.40. The molecule has 7 heteroatoms. The zero-order chi connectivity index (χ0) is 21.9. The van der Waals surface area contributed by atoms with Gasteiger partial charge < -0.3 is 19.2 Å². The molecule has 0 atom stereocenters. The smallest absolute Gasteiger partial charge is 0.180 e. The molecule has 0 saturated heterocycles. The molecular weight excluding hydrogens is 374 g/mol. The van der Waals surface area contributed by atoms with Crippen molar-refractivity contribution >= 4 is 22.8 Å². The van der Waals surface area contributed by atoms with Crippen molar-refractivity contribution in [3.63, 3.8) is 0 Å². The monoisotopic (exact) mass is 407 g/mol. The number of hydrogen-bond acceptors (Lipinski definition) is 5. The van der Waals surface area contributed by atoms with Gasteiger partial charge >= 0.3 is 0 Å². The van der Waals surface area contributed by atoms with Crippen molar-refractivity contribution in [1.82, 2.24) is 23.9 Å². The molecule has 4 aromatic rings. The maximum atomic E-state index is 4.38. The highest BCUT2D eigenvalue weighted by Crippen LogP contribution is 2.23. The van der Waals surface area contributed by atoms with Gasteiger partial charge in [0, 0.05) is 68.7 Å². The Bertz CT molecular complexity index is 1000. The zero-order valence-electron chi connectivity index (χ0n) is 18.9. The molecule has 1 aromatic carbocycles. The van der Waals surface area contributed by atoms with Crippen LogP contribution >= 0.6 is 0 Å². The summed E-state index contributed by atoms with van der Waals surface area (Å²) >= 11 is 0. The van der Waals surface area contributed by atoms with Gasteiger partial charge in [0.1, 0.15) is 0 Å². The van der Waals surface area contributed by atoms with Crippen molar-refractivity contribution in [2.75, 3.05) is 23.8 Å². The summed E-state index contributed by atoms with van der Waals surface area (Å²) in [7, 11) is 4.08. The predicted octanol–water partition coefficient (Wildman–Crippen LogP) is 5.07. The molecule has 0 saturated carbocycles. The third-order valence-corrected chi connectivity index (χ3v) is 4.48. The Morgan fingerprint density at radius 2 is 1.83 bits per heavy atom. The van der Waals surface area contributed by atoms with Gasteiger partial charge in [-0.25, -0.2) is 15.0 Å². The van der Waals surface area contributed by atoms with E-state index in [0.717, 1.165) is 30.1 Å². The molecule has 0 aliphatic carbocycles. The van der Waals surface area contributed by atoms with Gasteiger partial charge in [0.25, 0.3) is 0 Å². The van der Waals surface area contributed by atoms with Crippen molar-refractivity contribution < 1.29 is 0 Å². The lowest BCUT2D eigenvalue weighted by Crippen LogP contribution is -2.17. The molecule has 0 fully saturated rings. The Hall–Kier alpha value is -3.35. The molecule has 0 radical (unpaired) electrons. The van der Waals surface area contributed by atoms with Crippen LogP contribution in [0.25, 0.3) is 5.65 Å². The molecule has 30 heavy (non-hydrogen) atoms. The SMILES string of the molecule is CC.CCCN(C)c1cccc(Nc2nccn3ccnc23)c1.Cc1cncn1C. The number of anilines is 3. The molecule has 0 spiro atoms. The maximum Gasteiger partial charge on any atom is 0.180 e. The quantitative estimate of drug-likeness (QED) is 0.500. The van der Waals surface area contributed by atoms with Gasteiger partial charge in [0.05, 0.1) is 6.33 Å². The van der Waals surface area contributed by atoms with Crippen LogP contribution in [-0.2, 0) is 7.05 Å². The molecule has 0 amide bonds. The fraction of sp³-hybridized carbons (Fsp3) is 0.348. The standard InChI is InChI=1S/C16H19N5.C5H8N2.C2H6/c1-3-9-20(2)14-6-4-5-13(12-14)19-15-16-18-8-11-21(16)10-7-17-15;1-5-3-6-4-7(5)2;1-2/h4-8,10-12H,3,9H2,1-2H3,(H,17,19);3-4H,1-2H3;1-2H3. The molecule has 0 aliphatic heterocycles. The highest BCUT2D eigenvalue weighted by molar-refractivity contribution is 5.71. The maximum absolute atomic E-state index is 4.38. The van der Waals surface area contributed by atoms with Crippen LogP contribution < -0.4 is 10.2 Å². The summed E-state index contributed by atoms with van der Waals surface area (Å²) in [6.07, 6.45) is 12.1. The van der Waals surface area contributed by atoms with Gasteiger partial charge in [-0.2, -0.15) is 0 Å². The minimum atomic E-state index is 0.762. The summed E-state index contributed by atoms with van der Waals surface area (Å²) in [6, 6.07) is 8.33. The molecular formula is C23H33N7. The van der Waals surface area contributed by atoms with Crippen LogP contribution in [0.1, 0.15) is 32.9 Å². The van der Waals surface area contributed by atoms with Gasteiger partial charge in [-0.3, -0.25) is 0 Å². The fourth-order valence-corrected chi connectivity index (χ4v) is 2.79. The van der Waals surface area contributed by atoms with Crippen molar-refractivity contribution in [3.8, 4) is 0 Å². The molecule has 0 aliphatic rings. The molecule has 0 unspecified atom stereocenters. The number of nitrogens with one attached hydrogen (secondary N) is 1. The van der Waals surface area contributed by atoms with Crippen molar-refractivity contribution in [1.29, 1.82) is 0 Å². The van der Waals surface area contributed by atoms with Crippen LogP contribution in [0.15, 0.2) is 61.6 Å². The van der Waals surface area contributed by atoms with E-state index in [1.165, 1.54) is 11.4 Å². The van der Waals surface area contributed by atoms with E-state index in [9.17, 15) is 0 Å². The third-order valence-electron chi connectivity index (χ3n) is 4.48. The minimum absolute atomic E-state index is 0.762. The molecule has 1 N–H and O–H groups in total. The highest BCUT2D eigenvalue weighted by atomic mass is 15.1. The van der Waals surface area contributed by atoms with Crippen molar-refractivity contribution in [3.05, 3.63) is 67.3 Å². The first-order valence-corrected chi connectivity index (χ1v) is 10.4. The van der Waals surface area contributed by atoms with E-state index in [-0.39, 0.29) is 0 Å². The number of aromatic nitrogens is 5. The lowest BCUT2D eigenvalue weighted by Gasteiger charge is -2.19. The van der Waals surface area contributed by atoms with Gasteiger partial charge in [-0.1, -0.05) is 26.8 Å². The second-order valence-electron chi connectivity index (χ2n) is 6.68. The summed E-state index contributed by atoms with van der Waals surface area (Å²) < 4.78 is 3.92. The van der Waals surface area contributed by atoms with Gasteiger partial charge in [0.2, 0.25) is 0 Å². The summed E-state index contributed by atoms with van der Waals surface area (Å²) in [5.74, 6) is 0.762. The third kappa shape index (κ3) is 6.07. The van der Waals surface area contributed by atoms with Gasteiger partial charge in [-0.15, -0.1) is 0 Å². The number of aryl methyl sites for hydroxylation is 2. The van der Waals surface area contributed by atoms with E-state index in [0.29, 0.717) is 0 Å². The number of nitrogens with zero attached hydrogens (tertiary/aromatic N) is 6. The van der Waals surface area contributed by atoms with Crippen molar-refractivity contribution in [2.24, 2.45) is 7.05 Å². The van der Waals surface area contributed by atoms with E-state index in [4.69, 9.17) is 0 Å². The predicted molar refractivity (Wildman–Crippen MR) is 126 cm³/mol. The topological polar surface area (TPSA) is 63.3 Å². The van der Waals surface area contributed by atoms with Crippen LogP contribution in [0, 0.1) is 6.92 Å². The Morgan fingerprint density at radius 3 is 2.43 bits per heavy atom. The zero-order valence-corrected chi connectivity index (χ0v) is 18.9. The first kappa shape index (κ1) is 22.9. The van der Waals surface area contributed by atoms with Gasteiger partial charge in [0.15, 0.2) is 11.5 Å². The number of fused-ring (bicyclic) bond motifs is 1. The second kappa shape index (κ2) is 11.6. The van der Waals surface area contributed by atoms with E-state index in [1.54, 1.807) is 18.7 Å². The second-order valence-corrected chi connectivity index (χ2v) is 6.68. The minimum Gasteiger partial charge on any atom is -0.375 e. The first-order valence-electron chi connectivity index (χ1n) is 10.4. The van der Waals surface area contributed by atoms with Crippen molar-refractivity contribution in [2.45, 2.75) is 34.1 Å². The number of imidazole rings is 2. The number of hydrogen-bond donors (Lipinski definition) is 1. The summed E-state index contributed by atoms with van der Waals surface area (Å²) in [4.78, 5) is 14.8. The largest absolute Gasteiger partial charge is 0.375 e. The highest BCUT2D eigenvalue weighted by Gasteiger charge is 2.05. The molecule has 0 bridgehead atoms. The number of rotatable bonds is 5. The van der Waals surface area contributed by atoms with Crippen LogP contribution in [0.3, 0.4) is 0 Å². The summed E-state index contributed by atoms with van der Waals surface area (Å²) in [5, 5.41) is 3.35. The first-order chi connectivity index (χ1) is 14.6. The van der Waals surface area contributed by atoms with Crippen LogP contribution in [-0.4, -0.2) is 37.5 Å². The van der Waals surface area contributed by atoms with Crippen LogP contribution in [0.2, 0.25) is 0 Å². The van der Waals surface area contributed by atoms with Gasteiger partial charge in [-0.05, 0) is 31.5 Å². The number of benzene rings is 1. The van der Waals surface area contributed by atoms with Crippen LogP contribution in [0.5, 0.6) is 0 Å².